The number of ether oxygens (including phenoxy) is 1. The molecule has 18 heavy (non-hydrogen) atoms. The standard InChI is InChI=1S/C13H13F3O2/c1-12(2)10(17)7-6-8-4-3-5-9(11(8)12)18-13(14,15)16/h3-5H,6-7H2,1-2H3. The summed E-state index contributed by atoms with van der Waals surface area (Å²) in [4.78, 5) is 11.9. The topological polar surface area (TPSA) is 26.3 Å². The third-order valence-corrected chi connectivity index (χ3v) is 3.28. The first-order valence-corrected chi connectivity index (χ1v) is 5.63. The van der Waals surface area contributed by atoms with Gasteiger partial charge in [-0.2, -0.15) is 0 Å². The molecule has 1 aliphatic rings. The molecule has 0 heterocycles. The van der Waals surface area contributed by atoms with Crippen molar-refractivity contribution < 1.29 is 22.7 Å². The molecule has 0 spiro atoms. The summed E-state index contributed by atoms with van der Waals surface area (Å²) < 4.78 is 41.1. The van der Waals surface area contributed by atoms with Gasteiger partial charge in [-0.1, -0.05) is 12.1 Å². The quantitative estimate of drug-likeness (QED) is 0.772. The highest BCUT2D eigenvalue weighted by Gasteiger charge is 2.40. The van der Waals surface area contributed by atoms with Gasteiger partial charge in [-0.15, -0.1) is 13.2 Å². The van der Waals surface area contributed by atoms with E-state index in [1.807, 2.05) is 0 Å². The van der Waals surface area contributed by atoms with E-state index in [9.17, 15) is 18.0 Å². The van der Waals surface area contributed by atoms with Crippen molar-refractivity contribution in [1.82, 2.24) is 0 Å². The number of carbonyl (C=O) groups excluding carboxylic acids is 1. The summed E-state index contributed by atoms with van der Waals surface area (Å²) in [6, 6.07) is 4.52. The molecule has 2 nitrogen and oxygen atoms in total. The fourth-order valence-corrected chi connectivity index (χ4v) is 2.40. The second-order valence-corrected chi connectivity index (χ2v) is 4.89. The van der Waals surface area contributed by atoms with E-state index in [0.29, 0.717) is 18.4 Å². The lowest BCUT2D eigenvalue weighted by molar-refractivity contribution is -0.275. The van der Waals surface area contributed by atoms with E-state index in [1.165, 1.54) is 12.1 Å². The molecule has 0 radical (unpaired) electrons. The van der Waals surface area contributed by atoms with Crippen LogP contribution in [0.4, 0.5) is 13.2 Å². The molecule has 0 fully saturated rings. The Hall–Kier alpha value is -1.52. The van der Waals surface area contributed by atoms with Crippen molar-refractivity contribution in [3.8, 4) is 5.75 Å². The third kappa shape index (κ3) is 2.21. The monoisotopic (exact) mass is 258 g/mol. The number of hydrogen-bond donors (Lipinski definition) is 0. The van der Waals surface area contributed by atoms with Crippen LogP contribution in [0.2, 0.25) is 0 Å². The molecule has 0 saturated heterocycles. The second-order valence-electron chi connectivity index (χ2n) is 4.89. The van der Waals surface area contributed by atoms with Gasteiger partial charge in [-0.3, -0.25) is 4.79 Å². The molecule has 0 bridgehead atoms. The lowest BCUT2D eigenvalue weighted by Gasteiger charge is -2.32. The fraction of sp³-hybridized carbons (Fsp3) is 0.462. The first-order valence-electron chi connectivity index (χ1n) is 5.63. The molecule has 2 rings (SSSR count). The van der Waals surface area contributed by atoms with Gasteiger partial charge in [0.2, 0.25) is 0 Å². The number of benzene rings is 1. The van der Waals surface area contributed by atoms with Crippen LogP contribution in [0, 0.1) is 0 Å². The Labute approximate surface area is 103 Å². The number of fused-ring (bicyclic) bond motifs is 1. The second kappa shape index (κ2) is 4.00. The lowest BCUT2D eigenvalue weighted by atomic mass is 9.71. The van der Waals surface area contributed by atoms with E-state index in [2.05, 4.69) is 4.74 Å². The van der Waals surface area contributed by atoms with Crippen molar-refractivity contribution in [2.24, 2.45) is 0 Å². The maximum Gasteiger partial charge on any atom is 0.573 e. The number of ketones is 1. The van der Waals surface area contributed by atoms with Crippen molar-refractivity contribution in [3.05, 3.63) is 29.3 Å². The van der Waals surface area contributed by atoms with Crippen LogP contribution >= 0.6 is 0 Å². The number of hydrogen-bond acceptors (Lipinski definition) is 2. The van der Waals surface area contributed by atoms with Crippen LogP contribution in [0.15, 0.2) is 18.2 Å². The zero-order valence-corrected chi connectivity index (χ0v) is 10.1. The zero-order chi connectivity index (χ0) is 13.6. The Morgan fingerprint density at radius 1 is 1.22 bits per heavy atom. The van der Waals surface area contributed by atoms with Gasteiger partial charge < -0.3 is 4.74 Å². The molecule has 0 N–H and O–H groups in total. The molecule has 1 aliphatic carbocycles. The highest BCUT2D eigenvalue weighted by atomic mass is 19.4. The fourth-order valence-electron chi connectivity index (χ4n) is 2.40. The highest BCUT2D eigenvalue weighted by Crippen LogP contribution is 2.41. The van der Waals surface area contributed by atoms with Crippen LogP contribution < -0.4 is 4.74 Å². The van der Waals surface area contributed by atoms with Crippen LogP contribution in [0.3, 0.4) is 0 Å². The summed E-state index contributed by atoms with van der Waals surface area (Å²) in [6.45, 7) is 3.27. The van der Waals surface area contributed by atoms with E-state index in [4.69, 9.17) is 0 Å². The summed E-state index contributed by atoms with van der Waals surface area (Å²) in [5, 5.41) is 0. The summed E-state index contributed by atoms with van der Waals surface area (Å²) in [5.41, 5.74) is 0.176. The van der Waals surface area contributed by atoms with Crippen molar-refractivity contribution in [3.63, 3.8) is 0 Å². The van der Waals surface area contributed by atoms with E-state index >= 15 is 0 Å². The summed E-state index contributed by atoms with van der Waals surface area (Å²) in [7, 11) is 0. The molecule has 0 amide bonds. The molecule has 1 aromatic carbocycles. The number of aryl methyl sites for hydroxylation is 1. The molecular weight excluding hydrogens is 245 g/mol. The first-order chi connectivity index (χ1) is 8.22. The maximum atomic E-state index is 12.4. The largest absolute Gasteiger partial charge is 0.573 e. The molecule has 0 aliphatic heterocycles. The predicted octanol–water partition coefficient (Wildman–Crippen LogP) is 3.38. The van der Waals surface area contributed by atoms with E-state index in [1.54, 1.807) is 19.9 Å². The number of Topliss-reactive ketones (excluding diaryl/α,β-unsaturated/α-hetero) is 1. The molecular formula is C13H13F3O2. The van der Waals surface area contributed by atoms with Gasteiger partial charge in [0.1, 0.15) is 11.5 Å². The molecule has 0 unspecified atom stereocenters. The predicted molar refractivity (Wildman–Crippen MR) is 59.5 cm³/mol. The Bertz CT molecular complexity index is 489. The Morgan fingerprint density at radius 3 is 2.50 bits per heavy atom. The average Bonchev–Trinajstić information content (AvgIpc) is 2.21. The lowest BCUT2D eigenvalue weighted by Crippen LogP contribution is -2.35. The Balaban J connectivity index is 2.55. The Morgan fingerprint density at radius 2 is 1.89 bits per heavy atom. The normalized spacial score (nSPS) is 18.4. The van der Waals surface area contributed by atoms with Gasteiger partial charge in [0.05, 0.1) is 5.41 Å². The maximum absolute atomic E-state index is 12.4. The van der Waals surface area contributed by atoms with Crippen LogP contribution in [0.25, 0.3) is 0 Å². The van der Waals surface area contributed by atoms with Crippen molar-refractivity contribution >= 4 is 5.78 Å². The number of halogens is 3. The zero-order valence-electron chi connectivity index (χ0n) is 10.1. The molecule has 1 aromatic rings. The summed E-state index contributed by atoms with van der Waals surface area (Å²) in [6.07, 6.45) is -3.92. The summed E-state index contributed by atoms with van der Waals surface area (Å²) >= 11 is 0. The molecule has 0 saturated carbocycles. The van der Waals surface area contributed by atoms with Crippen LogP contribution in [0.1, 0.15) is 31.4 Å². The smallest absolute Gasteiger partial charge is 0.405 e. The van der Waals surface area contributed by atoms with E-state index in [-0.39, 0.29) is 11.5 Å². The number of rotatable bonds is 1. The van der Waals surface area contributed by atoms with Gasteiger partial charge in [0, 0.05) is 12.0 Å². The van der Waals surface area contributed by atoms with Crippen molar-refractivity contribution in [2.75, 3.05) is 0 Å². The highest BCUT2D eigenvalue weighted by molar-refractivity contribution is 5.92. The van der Waals surface area contributed by atoms with Gasteiger partial charge in [-0.25, -0.2) is 0 Å². The third-order valence-electron chi connectivity index (χ3n) is 3.28. The van der Waals surface area contributed by atoms with E-state index in [0.717, 1.165) is 5.56 Å². The summed E-state index contributed by atoms with van der Waals surface area (Å²) in [5.74, 6) is -0.328. The SMILES string of the molecule is CC1(C)C(=O)CCc2cccc(OC(F)(F)F)c21. The minimum atomic E-state index is -4.74. The van der Waals surface area contributed by atoms with Crippen molar-refractivity contribution in [2.45, 2.75) is 38.5 Å². The minimum Gasteiger partial charge on any atom is -0.405 e. The number of alkyl halides is 3. The molecule has 5 heteroatoms. The van der Waals surface area contributed by atoms with Gasteiger partial charge in [-0.05, 0) is 31.9 Å². The minimum absolute atomic E-state index is 0.0618. The first kappa shape index (κ1) is 12.9. The average molecular weight is 258 g/mol. The van der Waals surface area contributed by atoms with Gasteiger partial charge in [0.15, 0.2) is 0 Å². The van der Waals surface area contributed by atoms with Gasteiger partial charge in [0.25, 0.3) is 0 Å². The van der Waals surface area contributed by atoms with Crippen LogP contribution in [0.5, 0.6) is 5.75 Å². The van der Waals surface area contributed by atoms with Crippen LogP contribution in [-0.4, -0.2) is 12.1 Å². The van der Waals surface area contributed by atoms with Crippen molar-refractivity contribution in [1.29, 1.82) is 0 Å². The Kier molecular flexibility index (Phi) is 2.87. The molecule has 98 valence electrons. The number of carbonyl (C=O) groups is 1. The van der Waals surface area contributed by atoms with Crippen LogP contribution in [-0.2, 0) is 16.6 Å². The van der Waals surface area contributed by atoms with E-state index < -0.39 is 11.8 Å². The molecule has 0 aromatic heterocycles. The molecule has 0 atom stereocenters. The van der Waals surface area contributed by atoms with Gasteiger partial charge >= 0.3 is 6.36 Å².